The molecule has 21 heavy (non-hydrogen) atoms. The van der Waals surface area contributed by atoms with E-state index in [1.54, 1.807) is 0 Å². The monoisotopic (exact) mass is 299 g/mol. The number of rotatable bonds is 3. The fourth-order valence-corrected chi connectivity index (χ4v) is 3.03. The minimum Gasteiger partial charge on any atom is -0.335 e. The van der Waals surface area contributed by atoms with Crippen LogP contribution in [0.2, 0.25) is 0 Å². The molecule has 0 bridgehead atoms. The van der Waals surface area contributed by atoms with Crippen LogP contribution in [0.3, 0.4) is 0 Å². The number of carbonyl (C=O) groups is 1. The molecule has 2 amide bonds. The standard InChI is InChI=1S/C14H16F3N3O/c15-14(16,17)12-5-8(3-4-18-12)7-19-13(21)20-11-6-9-1-2-10(9)11/h3-5,9-11H,1-2,6-7H2,(H2,19,20,21)/t9?,10?,11-/m0/s1. The third-order valence-electron chi connectivity index (χ3n) is 4.43. The maximum Gasteiger partial charge on any atom is 0.433 e. The van der Waals surface area contributed by atoms with E-state index in [0.29, 0.717) is 11.5 Å². The van der Waals surface area contributed by atoms with E-state index < -0.39 is 11.9 Å². The maximum atomic E-state index is 12.5. The summed E-state index contributed by atoms with van der Waals surface area (Å²) in [6.45, 7) is 0.0538. The van der Waals surface area contributed by atoms with Crippen molar-refractivity contribution in [2.24, 2.45) is 11.8 Å². The van der Waals surface area contributed by atoms with Crippen molar-refractivity contribution in [1.82, 2.24) is 15.6 Å². The van der Waals surface area contributed by atoms with Gasteiger partial charge in [0, 0.05) is 18.8 Å². The summed E-state index contributed by atoms with van der Waals surface area (Å²) in [7, 11) is 0. The molecule has 2 saturated carbocycles. The highest BCUT2D eigenvalue weighted by molar-refractivity contribution is 5.74. The summed E-state index contributed by atoms with van der Waals surface area (Å²) in [6.07, 6.45) is 0.0637. The highest BCUT2D eigenvalue weighted by Gasteiger charge is 2.47. The first-order valence-corrected chi connectivity index (χ1v) is 7.00. The van der Waals surface area contributed by atoms with Crippen molar-refractivity contribution < 1.29 is 18.0 Å². The first-order valence-electron chi connectivity index (χ1n) is 7.00. The van der Waals surface area contributed by atoms with Crippen LogP contribution in [-0.2, 0) is 12.7 Å². The lowest BCUT2D eigenvalue weighted by Crippen LogP contribution is -2.58. The Morgan fingerprint density at radius 2 is 2.19 bits per heavy atom. The summed E-state index contributed by atoms with van der Waals surface area (Å²) in [6, 6.07) is 2.31. The van der Waals surface area contributed by atoms with Gasteiger partial charge in [0.2, 0.25) is 0 Å². The molecule has 0 aliphatic heterocycles. The number of nitrogens with zero attached hydrogens (tertiary/aromatic N) is 1. The minimum absolute atomic E-state index is 0.0538. The van der Waals surface area contributed by atoms with Crippen molar-refractivity contribution in [2.75, 3.05) is 0 Å². The van der Waals surface area contributed by atoms with Gasteiger partial charge in [-0.1, -0.05) is 0 Å². The van der Waals surface area contributed by atoms with Crippen LogP contribution >= 0.6 is 0 Å². The van der Waals surface area contributed by atoms with E-state index in [2.05, 4.69) is 15.6 Å². The first kappa shape index (κ1) is 14.2. The lowest BCUT2D eigenvalue weighted by Gasteiger charge is -2.53. The Hall–Kier alpha value is -1.79. The second kappa shape index (κ2) is 5.20. The zero-order valence-electron chi connectivity index (χ0n) is 11.3. The van der Waals surface area contributed by atoms with Crippen LogP contribution < -0.4 is 10.6 Å². The van der Waals surface area contributed by atoms with Crippen LogP contribution in [-0.4, -0.2) is 17.1 Å². The van der Waals surface area contributed by atoms with E-state index in [9.17, 15) is 18.0 Å². The predicted molar refractivity (Wildman–Crippen MR) is 69.2 cm³/mol. The van der Waals surface area contributed by atoms with E-state index in [1.165, 1.54) is 12.5 Å². The van der Waals surface area contributed by atoms with Crippen molar-refractivity contribution in [2.45, 2.75) is 38.0 Å². The molecule has 0 saturated heterocycles. The van der Waals surface area contributed by atoms with Gasteiger partial charge < -0.3 is 10.6 Å². The number of fused-ring (bicyclic) bond motifs is 1. The van der Waals surface area contributed by atoms with Crippen LogP contribution in [0.15, 0.2) is 18.3 Å². The van der Waals surface area contributed by atoms with Crippen molar-refractivity contribution >= 4 is 6.03 Å². The van der Waals surface area contributed by atoms with Crippen LogP contribution in [0.4, 0.5) is 18.0 Å². The fourth-order valence-electron chi connectivity index (χ4n) is 3.03. The molecule has 2 fully saturated rings. The predicted octanol–water partition coefficient (Wildman–Crippen LogP) is 2.70. The first-order chi connectivity index (χ1) is 9.93. The number of halogens is 3. The van der Waals surface area contributed by atoms with E-state index in [4.69, 9.17) is 0 Å². The molecular weight excluding hydrogens is 283 g/mol. The average Bonchev–Trinajstić information content (AvgIpc) is 2.41. The van der Waals surface area contributed by atoms with Crippen LogP contribution in [0, 0.1) is 11.8 Å². The Morgan fingerprint density at radius 1 is 1.38 bits per heavy atom. The number of carbonyl (C=O) groups excluding carboxylic acids is 1. The average molecular weight is 299 g/mol. The Labute approximate surface area is 120 Å². The third kappa shape index (κ3) is 2.96. The Balaban J connectivity index is 1.49. The largest absolute Gasteiger partial charge is 0.433 e. The fraction of sp³-hybridized carbons (Fsp3) is 0.571. The van der Waals surface area contributed by atoms with Crippen molar-refractivity contribution in [3.63, 3.8) is 0 Å². The van der Waals surface area contributed by atoms with Gasteiger partial charge in [-0.3, -0.25) is 4.98 Å². The number of hydrogen-bond acceptors (Lipinski definition) is 2. The number of pyridine rings is 1. The van der Waals surface area contributed by atoms with Crippen LogP contribution in [0.25, 0.3) is 0 Å². The van der Waals surface area contributed by atoms with E-state index in [-0.39, 0.29) is 18.6 Å². The molecule has 1 aromatic rings. The van der Waals surface area contributed by atoms with Gasteiger partial charge >= 0.3 is 12.2 Å². The van der Waals surface area contributed by atoms with Crippen molar-refractivity contribution in [3.05, 3.63) is 29.6 Å². The van der Waals surface area contributed by atoms with Gasteiger partial charge in [-0.25, -0.2) is 4.79 Å². The highest BCUT2D eigenvalue weighted by atomic mass is 19.4. The number of amides is 2. The zero-order valence-corrected chi connectivity index (χ0v) is 11.3. The molecule has 7 heteroatoms. The van der Waals surface area contributed by atoms with Gasteiger partial charge in [-0.05, 0) is 48.8 Å². The minimum atomic E-state index is -4.47. The molecule has 2 aliphatic carbocycles. The summed E-state index contributed by atoms with van der Waals surface area (Å²) in [5, 5.41) is 5.47. The number of alkyl halides is 3. The van der Waals surface area contributed by atoms with Crippen LogP contribution in [0.1, 0.15) is 30.5 Å². The molecule has 2 aliphatic rings. The summed E-state index contributed by atoms with van der Waals surface area (Å²) in [4.78, 5) is 15.0. The van der Waals surface area contributed by atoms with Crippen molar-refractivity contribution in [1.29, 1.82) is 0 Å². The molecule has 1 heterocycles. The van der Waals surface area contributed by atoms with Gasteiger partial charge in [0.25, 0.3) is 0 Å². The molecule has 3 rings (SSSR count). The lowest BCUT2D eigenvalue weighted by atomic mass is 9.56. The Morgan fingerprint density at radius 3 is 2.76 bits per heavy atom. The third-order valence-corrected chi connectivity index (χ3v) is 4.43. The molecule has 2 N–H and O–H groups in total. The summed E-state index contributed by atoms with van der Waals surface area (Å²) in [5.74, 6) is 1.37. The molecule has 0 radical (unpaired) electrons. The second-order valence-corrected chi connectivity index (χ2v) is 5.72. The molecule has 2 unspecified atom stereocenters. The number of hydrogen-bond donors (Lipinski definition) is 2. The number of aromatic nitrogens is 1. The molecule has 114 valence electrons. The van der Waals surface area contributed by atoms with Gasteiger partial charge in [0.1, 0.15) is 5.69 Å². The van der Waals surface area contributed by atoms with E-state index in [0.717, 1.165) is 31.0 Å². The molecule has 3 atom stereocenters. The van der Waals surface area contributed by atoms with Gasteiger partial charge in [-0.15, -0.1) is 0 Å². The molecule has 0 aromatic carbocycles. The molecule has 1 aromatic heterocycles. The Kier molecular flexibility index (Phi) is 3.51. The number of nitrogens with one attached hydrogen (secondary N) is 2. The molecule has 4 nitrogen and oxygen atoms in total. The van der Waals surface area contributed by atoms with E-state index >= 15 is 0 Å². The Bertz CT molecular complexity index is 547. The maximum absolute atomic E-state index is 12.5. The topological polar surface area (TPSA) is 54.0 Å². The van der Waals surface area contributed by atoms with Gasteiger partial charge in [0.15, 0.2) is 0 Å². The van der Waals surface area contributed by atoms with Gasteiger partial charge in [0.05, 0.1) is 0 Å². The molecular formula is C14H16F3N3O. The quantitative estimate of drug-likeness (QED) is 0.901. The second-order valence-electron chi connectivity index (χ2n) is 5.72. The van der Waals surface area contributed by atoms with Crippen molar-refractivity contribution in [3.8, 4) is 0 Å². The van der Waals surface area contributed by atoms with Crippen LogP contribution in [0.5, 0.6) is 0 Å². The molecule has 0 spiro atoms. The smallest absolute Gasteiger partial charge is 0.335 e. The normalized spacial score (nSPS) is 27.1. The van der Waals surface area contributed by atoms with Gasteiger partial charge in [-0.2, -0.15) is 13.2 Å². The lowest BCUT2D eigenvalue weighted by molar-refractivity contribution is -0.141. The summed E-state index contributed by atoms with van der Waals surface area (Å²) < 4.78 is 37.5. The summed E-state index contributed by atoms with van der Waals surface area (Å²) in [5.41, 5.74) is -0.568. The number of urea groups is 1. The summed E-state index contributed by atoms with van der Waals surface area (Å²) >= 11 is 0. The highest BCUT2D eigenvalue weighted by Crippen LogP contribution is 2.49. The SMILES string of the molecule is O=C(NCc1ccnc(C(F)(F)F)c1)N[C@H]1CC2CCC21. The zero-order chi connectivity index (χ0) is 15.0. The van der Waals surface area contributed by atoms with E-state index in [1.807, 2.05) is 0 Å².